The van der Waals surface area contributed by atoms with Crippen molar-refractivity contribution in [3.05, 3.63) is 29.8 Å². The fourth-order valence-corrected chi connectivity index (χ4v) is 2.25. The van der Waals surface area contributed by atoms with Gasteiger partial charge in [0.1, 0.15) is 0 Å². The van der Waals surface area contributed by atoms with Crippen molar-refractivity contribution in [2.45, 2.75) is 65.2 Å². The molecule has 0 aliphatic heterocycles. The number of unbranched alkanes of at least 4 members (excludes halogenated alkanes) is 7. The van der Waals surface area contributed by atoms with E-state index < -0.39 is 0 Å². The minimum atomic E-state index is 0. The average molecular weight is 284 g/mol. The molecule has 1 N–H and O–H groups in total. The normalized spacial score (nSPS) is 10.0. The standard InChI is InChI=1S/C17H29N.ClH/c1-3-4-5-6-7-8-9-12-15-18-17-14-11-10-13-16(17)2;/h10-11,13-14,18H,3-9,12,15H2,1-2H3;1H. The van der Waals surface area contributed by atoms with Crippen molar-refractivity contribution < 1.29 is 0 Å². The van der Waals surface area contributed by atoms with Gasteiger partial charge in [-0.15, -0.1) is 12.4 Å². The van der Waals surface area contributed by atoms with Gasteiger partial charge in [0, 0.05) is 12.2 Å². The van der Waals surface area contributed by atoms with Crippen LogP contribution in [0.4, 0.5) is 5.69 Å². The number of aryl methyl sites for hydroxylation is 1. The maximum absolute atomic E-state index is 3.52. The van der Waals surface area contributed by atoms with Crippen LogP contribution in [0.25, 0.3) is 0 Å². The highest BCUT2D eigenvalue weighted by atomic mass is 35.5. The second-order valence-corrected chi connectivity index (χ2v) is 5.22. The lowest BCUT2D eigenvalue weighted by molar-refractivity contribution is 0.581. The molecule has 0 aromatic heterocycles. The van der Waals surface area contributed by atoms with Crippen LogP contribution in [-0.4, -0.2) is 6.54 Å². The summed E-state index contributed by atoms with van der Waals surface area (Å²) in [5.41, 5.74) is 2.64. The minimum absolute atomic E-state index is 0. The van der Waals surface area contributed by atoms with Crippen LogP contribution in [0, 0.1) is 6.92 Å². The summed E-state index contributed by atoms with van der Waals surface area (Å²) in [7, 11) is 0. The Kier molecular flexibility index (Phi) is 11.9. The molecule has 19 heavy (non-hydrogen) atoms. The summed E-state index contributed by atoms with van der Waals surface area (Å²) in [4.78, 5) is 0. The molecule has 0 radical (unpaired) electrons. The van der Waals surface area contributed by atoms with Crippen LogP contribution in [0.15, 0.2) is 24.3 Å². The summed E-state index contributed by atoms with van der Waals surface area (Å²) in [6, 6.07) is 8.52. The first-order valence-electron chi connectivity index (χ1n) is 7.64. The van der Waals surface area contributed by atoms with Gasteiger partial charge in [0.05, 0.1) is 0 Å². The van der Waals surface area contributed by atoms with E-state index >= 15 is 0 Å². The van der Waals surface area contributed by atoms with Crippen molar-refractivity contribution in [2.24, 2.45) is 0 Å². The van der Waals surface area contributed by atoms with Crippen molar-refractivity contribution in [3.8, 4) is 0 Å². The summed E-state index contributed by atoms with van der Waals surface area (Å²) in [6.07, 6.45) is 11.1. The van der Waals surface area contributed by atoms with Crippen LogP contribution < -0.4 is 5.32 Å². The van der Waals surface area contributed by atoms with Crippen LogP contribution in [0.2, 0.25) is 0 Å². The number of halogens is 1. The number of anilines is 1. The maximum atomic E-state index is 3.52. The molecule has 0 saturated heterocycles. The molecule has 1 rings (SSSR count). The molecule has 0 aliphatic rings. The van der Waals surface area contributed by atoms with Gasteiger partial charge in [-0.05, 0) is 25.0 Å². The highest BCUT2D eigenvalue weighted by Gasteiger charge is 1.95. The third-order valence-electron chi connectivity index (χ3n) is 3.49. The molecule has 1 aromatic rings. The van der Waals surface area contributed by atoms with Gasteiger partial charge in [0.25, 0.3) is 0 Å². The molecule has 0 aliphatic carbocycles. The Labute approximate surface area is 125 Å². The van der Waals surface area contributed by atoms with Gasteiger partial charge < -0.3 is 5.32 Å². The van der Waals surface area contributed by atoms with Crippen molar-refractivity contribution in [1.82, 2.24) is 0 Å². The first kappa shape index (κ1) is 18.3. The number of nitrogens with one attached hydrogen (secondary N) is 1. The lowest BCUT2D eigenvalue weighted by Gasteiger charge is -2.08. The number of para-hydroxylation sites is 1. The van der Waals surface area contributed by atoms with E-state index in [-0.39, 0.29) is 12.4 Å². The topological polar surface area (TPSA) is 12.0 Å². The zero-order valence-electron chi connectivity index (χ0n) is 12.6. The van der Waals surface area contributed by atoms with Crippen LogP contribution in [0.3, 0.4) is 0 Å². The van der Waals surface area contributed by atoms with Crippen molar-refractivity contribution in [1.29, 1.82) is 0 Å². The van der Waals surface area contributed by atoms with Crippen molar-refractivity contribution >= 4 is 18.1 Å². The van der Waals surface area contributed by atoms with E-state index in [4.69, 9.17) is 0 Å². The van der Waals surface area contributed by atoms with Gasteiger partial charge in [0.15, 0.2) is 0 Å². The van der Waals surface area contributed by atoms with E-state index in [1.54, 1.807) is 0 Å². The summed E-state index contributed by atoms with van der Waals surface area (Å²) >= 11 is 0. The number of hydrogen-bond donors (Lipinski definition) is 1. The van der Waals surface area contributed by atoms with Crippen LogP contribution in [0.5, 0.6) is 0 Å². The fourth-order valence-electron chi connectivity index (χ4n) is 2.25. The SMILES string of the molecule is CCCCCCCCCCNc1ccccc1C.Cl. The summed E-state index contributed by atoms with van der Waals surface area (Å²) in [5.74, 6) is 0. The fraction of sp³-hybridized carbons (Fsp3) is 0.647. The van der Waals surface area contributed by atoms with E-state index in [0.717, 1.165) is 6.54 Å². The summed E-state index contributed by atoms with van der Waals surface area (Å²) in [6.45, 7) is 5.55. The first-order valence-corrected chi connectivity index (χ1v) is 7.64. The molecule has 1 nitrogen and oxygen atoms in total. The van der Waals surface area contributed by atoms with E-state index in [2.05, 4.69) is 43.4 Å². The van der Waals surface area contributed by atoms with Crippen molar-refractivity contribution in [3.63, 3.8) is 0 Å². The Morgan fingerprint density at radius 2 is 1.42 bits per heavy atom. The van der Waals surface area contributed by atoms with Gasteiger partial charge >= 0.3 is 0 Å². The molecule has 0 unspecified atom stereocenters. The average Bonchev–Trinajstić information content (AvgIpc) is 2.39. The zero-order chi connectivity index (χ0) is 13.1. The minimum Gasteiger partial charge on any atom is -0.385 e. The Morgan fingerprint density at radius 1 is 0.842 bits per heavy atom. The van der Waals surface area contributed by atoms with Gasteiger partial charge in [-0.3, -0.25) is 0 Å². The molecule has 0 fully saturated rings. The molecule has 0 saturated carbocycles. The molecule has 1 aromatic carbocycles. The van der Waals surface area contributed by atoms with Gasteiger partial charge in [-0.1, -0.05) is 70.1 Å². The number of hydrogen-bond acceptors (Lipinski definition) is 1. The van der Waals surface area contributed by atoms with Crippen LogP contribution in [-0.2, 0) is 0 Å². The molecular weight excluding hydrogens is 254 g/mol. The highest BCUT2D eigenvalue weighted by Crippen LogP contribution is 2.13. The number of rotatable bonds is 10. The van der Waals surface area contributed by atoms with E-state index in [0.29, 0.717) is 0 Å². The Morgan fingerprint density at radius 3 is 2.05 bits per heavy atom. The molecular formula is C17H30ClN. The smallest absolute Gasteiger partial charge is 0.0369 e. The summed E-state index contributed by atoms with van der Waals surface area (Å²) in [5, 5.41) is 3.52. The largest absolute Gasteiger partial charge is 0.385 e. The van der Waals surface area contributed by atoms with Gasteiger partial charge in [-0.25, -0.2) is 0 Å². The predicted molar refractivity (Wildman–Crippen MR) is 89.5 cm³/mol. The van der Waals surface area contributed by atoms with E-state index in [1.807, 2.05) is 0 Å². The Hall–Kier alpha value is -0.690. The highest BCUT2D eigenvalue weighted by molar-refractivity contribution is 5.85. The second-order valence-electron chi connectivity index (χ2n) is 5.22. The molecule has 0 bridgehead atoms. The van der Waals surface area contributed by atoms with Crippen LogP contribution in [0.1, 0.15) is 63.9 Å². The monoisotopic (exact) mass is 283 g/mol. The second kappa shape index (κ2) is 12.3. The molecule has 0 heterocycles. The molecule has 0 atom stereocenters. The lowest BCUT2D eigenvalue weighted by Crippen LogP contribution is -2.02. The van der Waals surface area contributed by atoms with Gasteiger partial charge in [0.2, 0.25) is 0 Å². The third kappa shape index (κ3) is 8.93. The van der Waals surface area contributed by atoms with Crippen molar-refractivity contribution in [2.75, 3.05) is 11.9 Å². The molecule has 0 amide bonds. The van der Waals surface area contributed by atoms with E-state index in [1.165, 1.54) is 62.6 Å². The quantitative estimate of drug-likeness (QED) is 0.522. The zero-order valence-corrected chi connectivity index (χ0v) is 13.4. The Bertz CT molecular complexity index is 312. The maximum Gasteiger partial charge on any atom is 0.0369 e. The van der Waals surface area contributed by atoms with E-state index in [9.17, 15) is 0 Å². The molecule has 0 spiro atoms. The van der Waals surface area contributed by atoms with Gasteiger partial charge in [-0.2, -0.15) is 0 Å². The number of benzene rings is 1. The predicted octanol–water partition coefficient (Wildman–Crippen LogP) is 5.97. The lowest BCUT2D eigenvalue weighted by atomic mass is 10.1. The molecule has 2 heteroatoms. The first-order chi connectivity index (χ1) is 8.84. The summed E-state index contributed by atoms with van der Waals surface area (Å²) < 4.78 is 0. The molecule has 110 valence electrons. The Balaban J connectivity index is 0.00000324. The van der Waals surface area contributed by atoms with Crippen LogP contribution >= 0.6 is 12.4 Å². The third-order valence-corrected chi connectivity index (χ3v) is 3.49.